The van der Waals surface area contributed by atoms with Crippen LogP contribution in [0.3, 0.4) is 0 Å². The summed E-state index contributed by atoms with van der Waals surface area (Å²) in [5, 5.41) is 6.19. The third-order valence-electron chi connectivity index (χ3n) is 3.61. The van der Waals surface area contributed by atoms with Gasteiger partial charge in [0.2, 0.25) is 11.8 Å². The van der Waals surface area contributed by atoms with E-state index in [0.29, 0.717) is 13.1 Å². The number of piperidine rings is 1. The maximum atomic E-state index is 12.2. The van der Waals surface area contributed by atoms with Gasteiger partial charge in [-0.3, -0.25) is 9.59 Å². The highest BCUT2D eigenvalue weighted by atomic mass is 35.5. The Bertz CT molecular complexity index is 324. The molecule has 0 aromatic rings. The van der Waals surface area contributed by atoms with Gasteiger partial charge in [-0.2, -0.15) is 0 Å². The first kappa shape index (κ1) is 20.2. The van der Waals surface area contributed by atoms with Gasteiger partial charge in [-0.05, 0) is 32.2 Å². The van der Waals surface area contributed by atoms with Crippen molar-refractivity contribution in [1.29, 1.82) is 0 Å². The van der Waals surface area contributed by atoms with E-state index in [1.54, 1.807) is 4.90 Å². The average molecular weight is 320 g/mol. The van der Waals surface area contributed by atoms with Crippen molar-refractivity contribution in [3.8, 4) is 0 Å². The van der Waals surface area contributed by atoms with Gasteiger partial charge in [0.15, 0.2) is 0 Å². The second-order valence-corrected chi connectivity index (χ2v) is 5.74. The number of nitrogens with zero attached hydrogens (tertiary/aromatic N) is 1. The molecule has 0 aliphatic carbocycles. The molecule has 0 spiro atoms. The summed E-state index contributed by atoms with van der Waals surface area (Å²) >= 11 is 0. The first-order valence-corrected chi connectivity index (χ1v) is 7.86. The van der Waals surface area contributed by atoms with Gasteiger partial charge in [-0.15, -0.1) is 12.4 Å². The summed E-state index contributed by atoms with van der Waals surface area (Å²) in [5.74, 6) is 0.0422. The van der Waals surface area contributed by atoms with Crippen LogP contribution in [0.15, 0.2) is 0 Å². The SMILES string of the molecule is CCCNCCNC(=O)C1CCCCN1C(=O)C(C)C.Cl. The molecular weight excluding hydrogens is 290 g/mol. The zero-order valence-corrected chi connectivity index (χ0v) is 14.3. The van der Waals surface area contributed by atoms with Crippen molar-refractivity contribution >= 4 is 24.2 Å². The Kier molecular flexibility index (Phi) is 10.4. The molecular formula is C15H30ClN3O2. The monoisotopic (exact) mass is 319 g/mol. The minimum Gasteiger partial charge on any atom is -0.353 e. The van der Waals surface area contributed by atoms with Crippen LogP contribution in [-0.2, 0) is 9.59 Å². The van der Waals surface area contributed by atoms with E-state index in [4.69, 9.17) is 0 Å². The molecule has 1 fully saturated rings. The number of halogens is 1. The third kappa shape index (κ3) is 6.66. The molecule has 0 radical (unpaired) electrons. The zero-order chi connectivity index (χ0) is 15.0. The molecule has 1 unspecified atom stereocenters. The van der Waals surface area contributed by atoms with Crippen molar-refractivity contribution in [2.45, 2.75) is 52.5 Å². The molecule has 1 rings (SSSR count). The van der Waals surface area contributed by atoms with Gasteiger partial charge < -0.3 is 15.5 Å². The van der Waals surface area contributed by atoms with Gasteiger partial charge >= 0.3 is 0 Å². The minimum absolute atomic E-state index is 0. The van der Waals surface area contributed by atoms with Crippen molar-refractivity contribution in [3.63, 3.8) is 0 Å². The van der Waals surface area contributed by atoms with Crippen LogP contribution in [0.25, 0.3) is 0 Å². The Morgan fingerprint density at radius 2 is 1.90 bits per heavy atom. The molecule has 0 aromatic heterocycles. The lowest BCUT2D eigenvalue weighted by Gasteiger charge is -2.35. The molecule has 2 amide bonds. The Hall–Kier alpha value is -0.810. The zero-order valence-electron chi connectivity index (χ0n) is 13.5. The van der Waals surface area contributed by atoms with Gasteiger partial charge in [-0.1, -0.05) is 20.8 Å². The predicted octanol–water partition coefficient (Wildman–Crippen LogP) is 1.56. The van der Waals surface area contributed by atoms with Crippen LogP contribution in [-0.4, -0.2) is 48.9 Å². The topological polar surface area (TPSA) is 61.4 Å². The molecule has 5 nitrogen and oxygen atoms in total. The number of carbonyl (C=O) groups is 2. The fourth-order valence-electron chi connectivity index (χ4n) is 2.49. The quantitative estimate of drug-likeness (QED) is 0.700. The molecule has 1 aliphatic heterocycles. The summed E-state index contributed by atoms with van der Waals surface area (Å²) in [4.78, 5) is 26.2. The number of amides is 2. The lowest BCUT2D eigenvalue weighted by atomic mass is 9.99. The van der Waals surface area contributed by atoms with Crippen molar-refractivity contribution < 1.29 is 9.59 Å². The van der Waals surface area contributed by atoms with Gasteiger partial charge in [0, 0.05) is 25.6 Å². The fraction of sp³-hybridized carbons (Fsp3) is 0.867. The molecule has 1 saturated heterocycles. The lowest BCUT2D eigenvalue weighted by Crippen LogP contribution is -2.53. The Morgan fingerprint density at radius 1 is 1.19 bits per heavy atom. The summed E-state index contributed by atoms with van der Waals surface area (Å²) in [7, 11) is 0. The smallest absolute Gasteiger partial charge is 0.242 e. The highest BCUT2D eigenvalue weighted by Crippen LogP contribution is 2.19. The molecule has 6 heteroatoms. The molecule has 2 N–H and O–H groups in total. The highest BCUT2D eigenvalue weighted by Gasteiger charge is 2.32. The maximum Gasteiger partial charge on any atom is 0.242 e. The van der Waals surface area contributed by atoms with E-state index >= 15 is 0 Å². The summed E-state index contributed by atoms with van der Waals surface area (Å²) in [6, 6.07) is -0.273. The van der Waals surface area contributed by atoms with Crippen LogP contribution in [0.4, 0.5) is 0 Å². The molecule has 0 aromatic carbocycles. The Balaban J connectivity index is 0.00000400. The van der Waals surface area contributed by atoms with Gasteiger partial charge in [0.1, 0.15) is 6.04 Å². The highest BCUT2D eigenvalue weighted by molar-refractivity contribution is 5.88. The largest absolute Gasteiger partial charge is 0.353 e. The lowest BCUT2D eigenvalue weighted by molar-refractivity contribution is -0.144. The van der Waals surface area contributed by atoms with Crippen molar-refractivity contribution in [2.24, 2.45) is 5.92 Å². The standard InChI is InChI=1S/C15H29N3O2.ClH/c1-4-8-16-9-10-17-14(19)13-7-5-6-11-18(13)15(20)12(2)3;/h12-13,16H,4-11H2,1-3H3,(H,17,19);1H. The molecule has 21 heavy (non-hydrogen) atoms. The summed E-state index contributed by atoms with van der Waals surface area (Å²) < 4.78 is 0. The second-order valence-electron chi connectivity index (χ2n) is 5.74. The van der Waals surface area contributed by atoms with Gasteiger partial charge in [0.25, 0.3) is 0 Å². The minimum atomic E-state index is -0.273. The van der Waals surface area contributed by atoms with Crippen LogP contribution in [0.1, 0.15) is 46.5 Å². The van der Waals surface area contributed by atoms with Crippen LogP contribution in [0.2, 0.25) is 0 Å². The average Bonchev–Trinajstić information content (AvgIpc) is 2.46. The van der Waals surface area contributed by atoms with Crippen molar-refractivity contribution in [3.05, 3.63) is 0 Å². The number of rotatable bonds is 7. The summed E-state index contributed by atoms with van der Waals surface area (Å²) in [6.45, 7) is 8.98. The molecule has 124 valence electrons. The van der Waals surface area contributed by atoms with E-state index in [2.05, 4.69) is 17.6 Å². The third-order valence-corrected chi connectivity index (χ3v) is 3.61. The van der Waals surface area contributed by atoms with E-state index in [1.165, 1.54) is 0 Å². The molecule has 1 aliphatic rings. The molecule has 1 heterocycles. The number of likely N-dealkylation sites (tertiary alicyclic amines) is 1. The number of nitrogens with one attached hydrogen (secondary N) is 2. The first-order chi connectivity index (χ1) is 9.57. The van der Waals surface area contributed by atoms with E-state index in [1.807, 2.05) is 13.8 Å². The van der Waals surface area contributed by atoms with Crippen molar-refractivity contribution in [1.82, 2.24) is 15.5 Å². The summed E-state index contributed by atoms with van der Waals surface area (Å²) in [5.41, 5.74) is 0. The number of hydrogen-bond donors (Lipinski definition) is 2. The first-order valence-electron chi connectivity index (χ1n) is 7.86. The van der Waals surface area contributed by atoms with Gasteiger partial charge in [-0.25, -0.2) is 0 Å². The van der Waals surface area contributed by atoms with Crippen LogP contribution in [0.5, 0.6) is 0 Å². The number of hydrogen-bond acceptors (Lipinski definition) is 3. The maximum absolute atomic E-state index is 12.2. The predicted molar refractivity (Wildman–Crippen MR) is 87.6 cm³/mol. The van der Waals surface area contributed by atoms with Crippen LogP contribution < -0.4 is 10.6 Å². The number of carbonyl (C=O) groups excluding carboxylic acids is 2. The Morgan fingerprint density at radius 3 is 2.52 bits per heavy atom. The van der Waals surface area contributed by atoms with E-state index in [9.17, 15) is 9.59 Å². The van der Waals surface area contributed by atoms with Gasteiger partial charge in [0.05, 0.1) is 0 Å². The van der Waals surface area contributed by atoms with E-state index in [-0.39, 0.29) is 36.2 Å². The normalized spacial score (nSPS) is 18.3. The van der Waals surface area contributed by atoms with E-state index in [0.717, 1.165) is 38.8 Å². The summed E-state index contributed by atoms with van der Waals surface area (Å²) in [6.07, 6.45) is 3.90. The molecule has 0 bridgehead atoms. The fourth-order valence-corrected chi connectivity index (χ4v) is 2.49. The van der Waals surface area contributed by atoms with Crippen LogP contribution in [0, 0.1) is 5.92 Å². The Labute approximate surface area is 134 Å². The molecule has 0 saturated carbocycles. The van der Waals surface area contributed by atoms with E-state index < -0.39 is 0 Å². The second kappa shape index (κ2) is 10.9. The molecule has 1 atom stereocenters. The van der Waals surface area contributed by atoms with Crippen LogP contribution >= 0.6 is 12.4 Å². The van der Waals surface area contributed by atoms with Crippen molar-refractivity contribution in [2.75, 3.05) is 26.2 Å².